The molecule has 0 spiro atoms. The number of β-amino-alcohol motifs (C(OH)–C–C–N with tert-alkyl or cyclic N) is 1. The minimum Gasteiger partial charge on any atom is -0.490 e. The second kappa shape index (κ2) is 9.76. The summed E-state index contributed by atoms with van der Waals surface area (Å²) in [7, 11) is 0. The third-order valence-corrected chi connectivity index (χ3v) is 5.54. The lowest BCUT2D eigenvalue weighted by atomic mass is 10.1. The molecule has 2 heterocycles. The minimum absolute atomic E-state index is 0.0644. The van der Waals surface area contributed by atoms with E-state index in [0.717, 1.165) is 10.9 Å². The maximum atomic E-state index is 12.8. The molecule has 2 aromatic carbocycles. The number of carboxylic acids is 1. The minimum atomic E-state index is -1.06. The fourth-order valence-corrected chi connectivity index (χ4v) is 3.94. The van der Waals surface area contributed by atoms with Crippen molar-refractivity contribution in [3.63, 3.8) is 0 Å². The molecule has 2 atom stereocenters. The summed E-state index contributed by atoms with van der Waals surface area (Å²) in [5.41, 5.74) is 1.27. The second-order valence-corrected chi connectivity index (χ2v) is 7.77. The van der Waals surface area contributed by atoms with Crippen molar-refractivity contribution in [1.29, 1.82) is 0 Å². The number of amides is 1. The number of carbonyl (C=O) groups excluding carboxylic acids is 1. The molecule has 1 aliphatic rings. The summed E-state index contributed by atoms with van der Waals surface area (Å²) >= 11 is 0. The predicted molar refractivity (Wildman–Crippen MR) is 119 cm³/mol. The van der Waals surface area contributed by atoms with Crippen LogP contribution in [0.5, 0.6) is 5.75 Å². The predicted octanol–water partition coefficient (Wildman–Crippen LogP) is 1.89. The van der Waals surface area contributed by atoms with Gasteiger partial charge in [-0.1, -0.05) is 24.3 Å². The first-order valence-corrected chi connectivity index (χ1v) is 10.5. The van der Waals surface area contributed by atoms with E-state index in [9.17, 15) is 19.8 Å². The fourth-order valence-electron chi connectivity index (χ4n) is 3.94. The van der Waals surface area contributed by atoms with Gasteiger partial charge < -0.3 is 19.8 Å². The lowest BCUT2D eigenvalue weighted by Gasteiger charge is -2.40. The molecule has 1 amide bonds. The Bertz CT molecular complexity index is 1090. The van der Waals surface area contributed by atoms with Gasteiger partial charge in [-0.05, 0) is 36.4 Å². The number of aliphatic hydroxyl groups is 1. The molecule has 0 saturated carbocycles. The van der Waals surface area contributed by atoms with Gasteiger partial charge in [0.2, 0.25) is 0 Å². The van der Waals surface area contributed by atoms with Crippen LogP contribution in [0.3, 0.4) is 0 Å². The first kappa shape index (κ1) is 21.7. The average Bonchev–Trinajstić information content (AvgIpc) is 2.82. The third-order valence-electron chi connectivity index (χ3n) is 5.54. The van der Waals surface area contributed by atoms with E-state index in [2.05, 4.69) is 4.98 Å². The van der Waals surface area contributed by atoms with Gasteiger partial charge in [-0.25, -0.2) is 4.79 Å². The van der Waals surface area contributed by atoms with E-state index < -0.39 is 18.1 Å². The number of fused-ring (bicyclic) bond motifs is 1. The first-order valence-electron chi connectivity index (χ1n) is 10.5. The Morgan fingerprint density at radius 3 is 2.66 bits per heavy atom. The number of aliphatic carboxylic acids is 1. The highest BCUT2D eigenvalue weighted by Gasteiger charge is 2.36. The SMILES string of the molecule is O=C(O)C1CN(C[C@@H](O)COc2cccc3ncccc23)CCN1C(=O)c1ccccc1. The molecule has 1 saturated heterocycles. The number of hydrogen-bond acceptors (Lipinski definition) is 6. The zero-order chi connectivity index (χ0) is 22.5. The number of aliphatic hydroxyl groups excluding tert-OH is 1. The number of nitrogens with zero attached hydrogens (tertiary/aromatic N) is 3. The van der Waals surface area contributed by atoms with Crippen LogP contribution in [0.15, 0.2) is 66.9 Å². The van der Waals surface area contributed by atoms with Crippen molar-refractivity contribution in [1.82, 2.24) is 14.8 Å². The Balaban J connectivity index is 1.35. The zero-order valence-corrected chi connectivity index (χ0v) is 17.5. The van der Waals surface area contributed by atoms with Gasteiger partial charge in [0.05, 0.1) is 5.52 Å². The number of ether oxygens (including phenoxy) is 1. The van der Waals surface area contributed by atoms with E-state index in [1.54, 1.807) is 30.5 Å². The van der Waals surface area contributed by atoms with Crippen molar-refractivity contribution in [2.75, 3.05) is 32.8 Å². The summed E-state index contributed by atoms with van der Waals surface area (Å²) < 4.78 is 5.82. The average molecular weight is 435 g/mol. The summed E-state index contributed by atoms with van der Waals surface area (Å²) in [5, 5.41) is 21.1. The van der Waals surface area contributed by atoms with Crippen molar-refractivity contribution >= 4 is 22.8 Å². The van der Waals surface area contributed by atoms with Gasteiger partial charge in [0.15, 0.2) is 0 Å². The van der Waals surface area contributed by atoms with Gasteiger partial charge in [-0.2, -0.15) is 0 Å². The van der Waals surface area contributed by atoms with Gasteiger partial charge in [0.25, 0.3) is 5.91 Å². The van der Waals surface area contributed by atoms with E-state index in [4.69, 9.17) is 4.74 Å². The van der Waals surface area contributed by atoms with Crippen LogP contribution < -0.4 is 4.74 Å². The molecule has 1 fully saturated rings. The van der Waals surface area contributed by atoms with Crippen molar-refractivity contribution in [3.8, 4) is 5.75 Å². The molecule has 32 heavy (non-hydrogen) atoms. The number of carbonyl (C=O) groups is 2. The molecule has 8 heteroatoms. The Hall–Kier alpha value is -3.49. The summed E-state index contributed by atoms with van der Waals surface area (Å²) in [6.45, 7) is 1.20. The zero-order valence-electron chi connectivity index (χ0n) is 17.5. The van der Waals surface area contributed by atoms with Gasteiger partial charge in [0, 0.05) is 43.3 Å². The topological polar surface area (TPSA) is 103 Å². The number of pyridine rings is 1. The van der Waals surface area contributed by atoms with Crippen LogP contribution in [-0.4, -0.2) is 81.8 Å². The maximum Gasteiger partial charge on any atom is 0.327 e. The van der Waals surface area contributed by atoms with Crippen molar-refractivity contribution < 1.29 is 24.5 Å². The summed E-state index contributed by atoms with van der Waals surface area (Å²) in [6.07, 6.45) is 0.898. The Labute approximate surface area is 185 Å². The van der Waals surface area contributed by atoms with Gasteiger partial charge in [-0.3, -0.25) is 14.7 Å². The lowest BCUT2D eigenvalue weighted by Crippen LogP contribution is -2.59. The highest BCUT2D eigenvalue weighted by atomic mass is 16.5. The fraction of sp³-hybridized carbons (Fsp3) is 0.292. The highest BCUT2D eigenvalue weighted by molar-refractivity contribution is 5.96. The van der Waals surface area contributed by atoms with Gasteiger partial charge in [0.1, 0.15) is 24.5 Å². The van der Waals surface area contributed by atoms with E-state index >= 15 is 0 Å². The number of aromatic nitrogens is 1. The van der Waals surface area contributed by atoms with Crippen molar-refractivity contribution in [3.05, 3.63) is 72.4 Å². The van der Waals surface area contributed by atoms with Gasteiger partial charge >= 0.3 is 5.97 Å². The van der Waals surface area contributed by atoms with Crippen LogP contribution in [0.4, 0.5) is 0 Å². The lowest BCUT2D eigenvalue weighted by molar-refractivity contribution is -0.144. The van der Waals surface area contributed by atoms with E-state index in [0.29, 0.717) is 17.9 Å². The number of rotatable bonds is 7. The molecule has 8 nitrogen and oxygen atoms in total. The molecule has 1 unspecified atom stereocenters. The summed E-state index contributed by atoms with van der Waals surface area (Å²) in [5.74, 6) is -0.726. The molecule has 2 N–H and O–H groups in total. The summed E-state index contributed by atoms with van der Waals surface area (Å²) in [6, 6.07) is 17.0. The first-order chi connectivity index (χ1) is 15.5. The van der Waals surface area contributed by atoms with Crippen LogP contribution >= 0.6 is 0 Å². The summed E-state index contributed by atoms with van der Waals surface area (Å²) in [4.78, 5) is 32.2. The molecular formula is C24H25N3O5. The number of benzene rings is 2. The molecule has 3 aromatic rings. The molecule has 4 rings (SSSR count). The normalized spacial score (nSPS) is 17.8. The van der Waals surface area contributed by atoms with Gasteiger partial charge in [-0.15, -0.1) is 0 Å². The molecule has 1 aromatic heterocycles. The molecule has 0 bridgehead atoms. The quantitative estimate of drug-likeness (QED) is 0.584. The molecule has 166 valence electrons. The van der Waals surface area contributed by atoms with Crippen molar-refractivity contribution in [2.24, 2.45) is 0 Å². The van der Waals surface area contributed by atoms with E-state index in [1.165, 1.54) is 4.90 Å². The Morgan fingerprint density at radius 2 is 1.88 bits per heavy atom. The monoisotopic (exact) mass is 435 g/mol. The third kappa shape index (κ3) is 4.87. The van der Waals surface area contributed by atoms with E-state index in [-0.39, 0.29) is 32.1 Å². The van der Waals surface area contributed by atoms with Crippen LogP contribution in [0.25, 0.3) is 10.9 Å². The number of carboxylic acid groups (broad SMARTS) is 1. The number of piperazine rings is 1. The molecule has 0 aliphatic carbocycles. The van der Waals surface area contributed by atoms with E-state index in [1.807, 2.05) is 41.3 Å². The smallest absolute Gasteiger partial charge is 0.327 e. The molecule has 1 aliphatic heterocycles. The maximum absolute atomic E-state index is 12.8. The second-order valence-electron chi connectivity index (χ2n) is 7.77. The number of hydrogen-bond donors (Lipinski definition) is 2. The Kier molecular flexibility index (Phi) is 6.63. The Morgan fingerprint density at radius 1 is 1.06 bits per heavy atom. The van der Waals surface area contributed by atoms with Crippen LogP contribution in [0.1, 0.15) is 10.4 Å². The van der Waals surface area contributed by atoms with Crippen molar-refractivity contribution in [2.45, 2.75) is 12.1 Å². The largest absolute Gasteiger partial charge is 0.490 e. The molecular weight excluding hydrogens is 410 g/mol. The standard InChI is InChI=1S/C24H25N3O5/c28-18(16-32-22-10-4-9-20-19(22)8-5-11-25-20)14-26-12-13-27(21(15-26)24(30)31)23(29)17-6-2-1-3-7-17/h1-11,18,21,28H,12-16H2,(H,30,31)/t18-,21?/m1/s1. The van der Waals surface area contributed by atoms with Crippen LogP contribution in [0, 0.1) is 0 Å². The highest BCUT2D eigenvalue weighted by Crippen LogP contribution is 2.24. The molecule has 0 radical (unpaired) electrons. The van der Waals surface area contributed by atoms with Crippen LogP contribution in [0.2, 0.25) is 0 Å². The van der Waals surface area contributed by atoms with Crippen LogP contribution in [-0.2, 0) is 4.79 Å².